The number of aliphatic hydroxyl groups excluding tert-OH is 1. The third kappa shape index (κ3) is 4.50. The molecule has 0 unspecified atom stereocenters. The number of carbonyl (C=O) groups is 1. The molecule has 0 radical (unpaired) electrons. The minimum absolute atomic E-state index is 0.0512. The number of amides is 1. The minimum atomic E-state index is -0.373. The van der Waals surface area contributed by atoms with E-state index in [2.05, 4.69) is 0 Å². The van der Waals surface area contributed by atoms with Crippen molar-refractivity contribution in [2.45, 2.75) is 12.5 Å². The average molecular weight is 261 g/mol. The lowest BCUT2D eigenvalue weighted by Gasteiger charge is -2.14. The molecule has 1 saturated heterocycles. The van der Waals surface area contributed by atoms with Gasteiger partial charge in [0, 0.05) is 13.1 Å². The molecular formula is C15H19NO3. The number of hydrogen-bond acceptors (Lipinski definition) is 3. The maximum Gasteiger partial charge on any atom is 0.248 e. The molecule has 4 nitrogen and oxygen atoms in total. The van der Waals surface area contributed by atoms with Crippen LogP contribution in [0.3, 0.4) is 0 Å². The third-order valence-electron chi connectivity index (χ3n) is 3.07. The summed E-state index contributed by atoms with van der Waals surface area (Å²) in [5.74, 6) is -0.0512. The zero-order valence-electron chi connectivity index (χ0n) is 10.9. The van der Waals surface area contributed by atoms with Gasteiger partial charge < -0.3 is 14.7 Å². The Hall–Kier alpha value is -1.65. The van der Waals surface area contributed by atoms with E-state index in [0.717, 1.165) is 5.56 Å². The maximum absolute atomic E-state index is 11.7. The summed E-state index contributed by atoms with van der Waals surface area (Å²) in [5, 5.41) is 9.34. The summed E-state index contributed by atoms with van der Waals surface area (Å²) >= 11 is 0. The first-order chi connectivity index (χ1) is 9.25. The molecule has 0 aromatic heterocycles. The monoisotopic (exact) mass is 261 g/mol. The van der Waals surface area contributed by atoms with E-state index in [1.807, 2.05) is 42.5 Å². The number of ether oxygens (including phenoxy) is 1. The summed E-state index contributed by atoms with van der Waals surface area (Å²) in [4.78, 5) is 13.3. The van der Waals surface area contributed by atoms with Crippen molar-refractivity contribution in [2.24, 2.45) is 0 Å². The lowest BCUT2D eigenvalue weighted by molar-refractivity contribution is -0.135. The summed E-state index contributed by atoms with van der Waals surface area (Å²) in [7, 11) is 0. The molecule has 1 N–H and O–H groups in total. The molecule has 1 aromatic carbocycles. The van der Waals surface area contributed by atoms with Crippen molar-refractivity contribution >= 4 is 12.0 Å². The number of rotatable bonds is 5. The fraction of sp³-hybridized carbons (Fsp3) is 0.400. The van der Waals surface area contributed by atoms with E-state index in [-0.39, 0.29) is 18.6 Å². The van der Waals surface area contributed by atoms with Crippen LogP contribution in [0, 0.1) is 0 Å². The second-order valence-electron chi connectivity index (χ2n) is 4.61. The van der Waals surface area contributed by atoms with Gasteiger partial charge in [-0.05, 0) is 12.0 Å². The van der Waals surface area contributed by atoms with Crippen molar-refractivity contribution in [3.8, 4) is 0 Å². The molecule has 1 aliphatic rings. The fourth-order valence-electron chi connectivity index (χ4n) is 2.02. The summed E-state index contributed by atoms with van der Waals surface area (Å²) in [6.07, 6.45) is 4.15. The van der Waals surface area contributed by atoms with Crippen molar-refractivity contribution in [3.05, 3.63) is 42.0 Å². The normalized spacial score (nSPS) is 19.2. The molecule has 1 heterocycles. The van der Waals surface area contributed by atoms with Gasteiger partial charge in [0.05, 0.1) is 12.7 Å². The number of likely N-dealkylation sites (tertiary alicyclic amines) is 1. The van der Waals surface area contributed by atoms with Gasteiger partial charge in [-0.25, -0.2) is 0 Å². The topological polar surface area (TPSA) is 49.8 Å². The standard InChI is InChI=1S/C15H19NO3/c17-14-8-9-16(11-14)15(18)12-19-10-4-7-13-5-2-1-3-6-13/h1-7,14,17H,8-12H2/b7-4+/t14-/m1/s1. The Morgan fingerprint density at radius 3 is 2.89 bits per heavy atom. The Morgan fingerprint density at radius 2 is 2.21 bits per heavy atom. The Morgan fingerprint density at radius 1 is 1.42 bits per heavy atom. The first-order valence-electron chi connectivity index (χ1n) is 6.51. The quantitative estimate of drug-likeness (QED) is 0.813. The fourth-order valence-corrected chi connectivity index (χ4v) is 2.02. The van der Waals surface area contributed by atoms with Gasteiger partial charge in [0.25, 0.3) is 0 Å². The lowest BCUT2D eigenvalue weighted by atomic mass is 10.2. The van der Waals surface area contributed by atoms with Crippen LogP contribution in [-0.2, 0) is 9.53 Å². The van der Waals surface area contributed by atoms with Gasteiger partial charge in [-0.3, -0.25) is 4.79 Å². The number of carbonyl (C=O) groups excluding carboxylic acids is 1. The zero-order valence-corrected chi connectivity index (χ0v) is 10.9. The minimum Gasteiger partial charge on any atom is -0.391 e. The molecule has 0 spiro atoms. The van der Waals surface area contributed by atoms with Crippen LogP contribution in [0.15, 0.2) is 36.4 Å². The molecule has 19 heavy (non-hydrogen) atoms. The van der Waals surface area contributed by atoms with E-state index in [9.17, 15) is 9.90 Å². The summed E-state index contributed by atoms with van der Waals surface area (Å²) in [6.45, 7) is 1.55. The first kappa shape index (κ1) is 13.8. The molecule has 0 bridgehead atoms. The molecular weight excluding hydrogens is 242 g/mol. The SMILES string of the molecule is O=C(COC/C=C/c1ccccc1)N1CC[C@@H](O)C1. The Labute approximate surface area is 113 Å². The lowest BCUT2D eigenvalue weighted by Crippen LogP contribution is -2.32. The van der Waals surface area contributed by atoms with Gasteiger partial charge in [0.2, 0.25) is 5.91 Å². The number of nitrogens with zero attached hydrogens (tertiary/aromatic N) is 1. The second kappa shape index (κ2) is 7.07. The smallest absolute Gasteiger partial charge is 0.248 e. The van der Waals surface area contributed by atoms with Crippen LogP contribution in [0.1, 0.15) is 12.0 Å². The van der Waals surface area contributed by atoms with Crippen molar-refractivity contribution in [1.29, 1.82) is 0 Å². The molecule has 0 aliphatic carbocycles. The van der Waals surface area contributed by atoms with Gasteiger partial charge in [-0.15, -0.1) is 0 Å². The van der Waals surface area contributed by atoms with Gasteiger partial charge in [0.1, 0.15) is 6.61 Å². The Bertz CT molecular complexity index is 430. The first-order valence-corrected chi connectivity index (χ1v) is 6.51. The van der Waals surface area contributed by atoms with E-state index in [1.54, 1.807) is 4.90 Å². The van der Waals surface area contributed by atoms with Crippen LogP contribution in [-0.4, -0.2) is 48.3 Å². The number of hydrogen-bond donors (Lipinski definition) is 1. The molecule has 1 aromatic rings. The van der Waals surface area contributed by atoms with Crippen LogP contribution in [0.4, 0.5) is 0 Å². The molecule has 4 heteroatoms. The van der Waals surface area contributed by atoms with E-state index >= 15 is 0 Å². The highest BCUT2D eigenvalue weighted by molar-refractivity contribution is 5.77. The van der Waals surface area contributed by atoms with Crippen molar-refractivity contribution in [1.82, 2.24) is 4.90 Å². The van der Waals surface area contributed by atoms with Crippen molar-refractivity contribution < 1.29 is 14.6 Å². The largest absolute Gasteiger partial charge is 0.391 e. The van der Waals surface area contributed by atoms with Gasteiger partial charge in [-0.1, -0.05) is 42.5 Å². The van der Waals surface area contributed by atoms with E-state index in [1.165, 1.54) is 0 Å². The van der Waals surface area contributed by atoms with Crippen molar-refractivity contribution in [2.75, 3.05) is 26.3 Å². The van der Waals surface area contributed by atoms with Crippen LogP contribution in [0.2, 0.25) is 0 Å². The molecule has 0 saturated carbocycles. The molecule has 1 amide bonds. The van der Waals surface area contributed by atoms with Gasteiger partial charge >= 0.3 is 0 Å². The maximum atomic E-state index is 11.7. The Kier molecular flexibility index (Phi) is 5.12. The predicted octanol–water partition coefficient (Wildman–Crippen LogP) is 1.31. The van der Waals surface area contributed by atoms with E-state index in [0.29, 0.717) is 26.1 Å². The predicted molar refractivity (Wildman–Crippen MR) is 73.5 cm³/mol. The van der Waals surface area contributed by atoms with Gasteiger partial charge in [0.15, 0.2) is 0 Å². The zero-order chi connectivity index (χ0) is 13.5. The summed E-state index contributed by atoms with van der Waals surface area (Å²) in [5.41, 5.74) is 1.11. The van der Waals surface area contributed by atoms with E-state index < -0.39 is 0 Å². The number of aliphatic hydroxyl groups is 1. The van der Waals surface area contributed by atoms with Crippen LogP contribution >= 0.6 is 0 Å². The highest BCUT2D eigenvalue weighted by atomic mass is 16.5. The highest BCUT2D eigenvalue weighted by Crippen LogP contribution is 2.08. The molecule has 102 valence electrons. The van der Waals surface area contributed by atoms with Crippen LogP contribution < -0.4 is 0 Å². The van der Waals surface area contributed by atoms with E-state index in [4.69, 9.17) is 4.74 Å². The third-order valence-corrected chi connectivity index (χ3v) is 3.07. The molecule has 1 fully saturated rings. The summed E-state index contributed by atoms with van der Waals surface area (Å²) < 4.78 is 5.31. The highest BCUT2D eigenvalue weighted by Gasteiger charge is 2.23. The van der Waals surface area contributed by atoms with Crippen LogP contribution in [0.25, 0.3) is 6.08 Å². The van der Waals surface area contributed by atoms with Gasteiger partial charge in [-0.2, -0.15) is 0 Å². The molecule has 1 aliphatic heterocycles. The average Bonchev–Trinajstić information content (AvgIpc) is 2.86. The number of β-amino-alcohol motifs (C(OH)–C–C–N with tert-alkyl or cyclic N) is 1. The molecule has 1 atom stereocenters. The summed E-state index contributed by atoms with van der Waals surface area (Å²) in [6, 6.07) is 9.93. The number of benzene rings is 1. The van der Waals surface area contributed by atoms with Crippen LogP contribution in [0.5, 0.6) is 0 Å². The van der Waals surface area contributed by atoms with Crippen molar-refractivity contribution in [3.63, 3.8) is 0 Å². The molecule has 2 rings (SSSR count). The second-order valence-corrected chi connectivity index (χ2v) is 4.61. The Balaban J connectivity index is 1.64.